The second kappa shape index (κ2) is 7.30. The van der Waals surface area contributed by atoms with Crippen molar-refractivity contribution in [2.24, 2.45) is 11.7 Å². The third-order valence-electron chi connectivity index (χ3n) is 3.38. The Hall–Kier alpha value is -0.770. The van der Waals surface area contributed by atoms with Crippen molar-refractivity contribution in [3.05, 3.63) is 33.8 Å². The number of likely N-dealkylation sites (N-methyl/N-ethyl adjacent to an activating group) is 1. The quantitative estimate of drug-likeness (QED) is 0.895. The Morgan fingerprint density at radius 3 is 2.40 bits per heavy atom. The maximum Gasteiger partial charge on any atom is 0.239 e. The zero-order valence-electron chi connectivity index (χ0n) is 12.4. The van der Waals surface area contributed by atoms with Gasteiger partial charge in [0.25, 0.3) is 0 Å². The van der Waals surface area contributed by atoms with Crippen LogP contribution in [0.4, 0.5) is 0 Å². The van der Waals surface area contributed by atoms with Gasteiger partial charge in [-0.15, -0.1) is 0 Å². The smallest absolute Gasteiger partial charge is 0.239 e. The fraction of sp³-hybridized carbons (Fsp3) is 0.533. The van der Waals surface area contributed by atoms with Gasteiger partial charge in [-0.2, -0.15) is 0 Å². The van der Waals surface area contributed by atoms with Crippen LogP contribution in [0, 0.1) is 5.92 Å². The molecular weight excluding hydrogens is 295 g/mol. The van der Waals surface area contributed by atoms with Gasteiger partial charge in [-0.1, -0.05) is 43.1 Å². The summed E-state index contributed by atoms with van der Waals surface area (Å²) >= 11 is 12.1. The van der Waals surface area contributed by atoms with Crippen LogP contribution in [0.5, 0.6) is 0 Å². The van der Waals surface area contributed by atoms with E-state index >= 15 is 0 Å². The van der Waals surface area contributed by atoms with Gasteiger partial charge >= 0.3 is 0 Å². The summed E-state index contributed by atoms with van der Waals surface area (Å²) in [5, 5.41) is 1.14. The first-order valence-electron chi connectivity index (χ1n) is 6.71. The molecule has 0 saturated heterocycles. The molecule has 112 valence electrons. The van der Waals surface area contributed by atoms with Crippen LogP contribution < -0.4 is 5.73 Å². The zero-order chi connectivity index (χ0) is 15.4. The molecular formula is C15H22Cl2N2O. The monoisotopic (exact) mass is 316 g/mol. The molecule has 1 amide bonds. The van der Waals surface area contributed by atoms with Crippen LogP contribution in [-0.4, -0.2) is 23.9 Å². The highest BCUT2D eigenvalue weighted by Crippen LogP contribution is 2.29. The Morgan fingerprint density at radius 1 is 1.30 bits per heavy atom. The lowest BCUT2D eigenvalue weighted by Crippen LogP contribution is -2.43. The third kappa shape index (κ3) is 4.37. The normalized spacial score (nSPS) is 14.2. The van der Waals surface area contributed by atoms with Gasteiger partial charge in [0.05, 0.1) is 12.1 Å². The molecule has 0 fully saturated rings. The van der Waals surface area contributed by atoms with E-state index in [-0.39, 0.29) is 11.9 Å². The number of amides is 1. The lowest BCUT2D eigenvalue weighted by molar-refractivity contribution is -0.133. The van der Waals surface area contributed by atoms with Crippen molar-refractivity contribution in [3.63, 3.8) is 0 Å². The van der Waals surface area contributed by atoms with Gasteiger partial charge in [0.2, 0.25) is 5.91 Å². The average Bonchev–Trinajstić information content (AvgIpc) is 2.35. The molecule has 0 bridgehead atoms. The number of benzene rings is 1. The molecule has 0 spiro atoms. The summed E-state index contributed by atoms with van der Waals surface area (Å²) in [6, 6.07) is 4.67. The Bertz CT molecular complexity index is 477. The molecule has 0 aromatic heterocycles. The van der Waals surface area contributed by atoms with Crippen LogP contribution in [0.2, 0.25) is 10.0 Å². The minimum absolute atomic E-state index is 0.0720. The number of carbonyl (C=O) groups excluding carboxylic acids is 1. The van der Waals surface area contributed by atoms with Crippen molar-refractivity contribution in [1.29, 1.82) is 0 Å². The van der Waals surface area contributed by atoms with E-state index in [0.29, 0.717) is 22.4 Å². The largest absolute Gasteiger partial charge is 0.338 e. The topological polar surface area (TPSA) is 46.3 Å². The highest BCUT2D eigenvalue weighted by molar-refractivity contribution is 6.35. The van der Waals surface area contributed by atoms with Gasteiger partial charge in [0.1, 0.15) is 0 Å². The van der Waals surface area contributed by atoms with E-state index < -0.39 is 6.04 Å². The molecule has 1 aromatic rings. The first-order chi connectivity index (χ1) is 9.23. The predicted octanol–water partition coefficient (Wildman–Crippen LogP) is 3.89. The highest BCUT2D eigenvalue weighted by atomic mass is 35.5. The molecule has 0 saturated carbocycles. The molecule has 1 unspecified atom stereocenters. The summed E-state index contributed by atoms with van der Waals surface area (Å²) in [5.74, 6) is 0.314. The van der Waals surface area contributed by atoms with Crippen molar-refractivity contribution in [3.8, 4) is 0 Å². The summed E-state index contributed by atoms with van der Waals surface area (Å²) in [6.07, 6.45) is 0.671. The number of halogens is 2. The van der Waals surface area contributed by atoms with Crippen molar-refractivity contribution >= 4 is 29.1 Å². The minimum atomic E-state index is -0.478. The van der Waals surface area contributed by atoms with Crippen LogP contribution >= 0.6 is 23.2 Å². The fourth-order valence-corrected chi connectivity index (χ4v) is 2.68. The average molecular weight is 317 g/mol. The molecule has 1 rings (SSSR count). The maximum atomic E-state index is 12.3. The number of hydrogen-bond acceptors (Lipinski definition) is 2. The van der Waals surface area contributed by atoms with Crippen molar-refractivity contribution in [1.82, 2.24) is 4.90 Å². The van der Waals surface area contributed by atoms with Crippen LogP contribution in [-0.2, 0) is 4.79 Å². The Morgan fingerprint density at radius 2 is 1.90 bits per heavy atom. The number of rotatable bonds is 5. The van der Waals surface area contributed by atoms with Crippen molar-refractivity contribution in [2.75, 3.05) is 7.05 Å². The lowest BCUT2D eigenvalue weighted by Gasteiger charge is -2.29. The summed E-state index contributed by atoms with van der Waals surface area (Å²) in [4.78, 5) is 13.9. The molecule has 0 aliphatic rings. The standard InChI is InChI=1S/C15H22Cl2N2O/c1-9(2)7-14(18)15(20)19(4)10(3)12-6-5-11(16)8-13(12)17/h5-6,8-10,14H,7,18H2,1-4H3/t10?,14-/m0/s1. The summed E-state index contributed by atoms with van der Waals surface area (Å²) < 4.78 is 0. The lowest BCUT2D eigenvalue weighted by atomic mass is 10.0. The van der Waals surface area contributed by atoms with Gasteiger partial charge in [0, 0.05) is 17.1 Å². The molecule has 3 nitrogen and oxygen atoms in total. The van der Waals surface area contributed by atoms with Gasteiger partial charge in [-0.05, 0) is 37.0 Å². The zero-order valence-corrected chi connectivity index (χ0v) is 13.9. The Labute approximate surface area is 131 Å². The van der Waals surface area contributed by atoms with E-state index in [0.717, 1.165) is 5.56 Å². The predicted molar refractivity (Wildman–Crippen MR) is 85.1 cm³/mol. The fourth-order valence-electron chi connectivity index (χ4n) is 2.11. The maximum absolute atomic E-state index is 12.3. The van der Waals surface area contributed by atoms with Crippen LogP contribution in [0.25, 0.3) is 0 Å². The Kier molecular flexibility index (Phi) is 6.31. The van der Waals surface area contributed by atoms with Crippen molar-refractivity contribution < 1.29 is 4.79 Å². The first-order valence-corrected chi connectivity index (χ1v) is 7.46. The van der Waals surface area contributed by atoms with E-state index in [4.69, 9.17) is 28.9 Å². The van der Waals surface area contributed by atoms with E-state index in [2.05, 4.69) is 0 Å². The molecule has 0 aliphatic heterocycles. The van der Waals surface area contributed by atoms with E-state index in [1.54, 1.807) is 24.1 Å². The third-order valence-corrected chi connectivity index (χ3v) is 3.95. The van der Waals surface area contributed by atoms with E-state index in [1.807, 2.05) is 26.8 Å². The summed E-state index contributed by atoms with van der Waals surface area (Å²) in [7, 11) is 1.75. The van der Waals surface area contributed by atoms with Crippen LogP contribution in [0.15, 0.2) is 18.2 Å². The summed E-state index contributed by atoms with van der Waals surface area (Å²) in [6.45, 7) is 6.02. The van der Waals surface area contributed by atoms with Gasteiger partial charge in [-0.3, -0.25) is 4.79 Å². The molecule has 2 atom stereocenters. The number of nitrogens with two attached hydrogens (primary N) is 1. The first kappa shape index (κ1) is 17.3. The van der Waals surface area contributed by atoms with E-state index in [9.17, 15) is 4.79 Å². The van der Waals surface area contributed by atoms with Crippen LogP contribution in [0.1, 0.15) is 38.8 Å². The molecule has 0 radical (unpaired) electrons. The second-order valence-electron chi connectivity index (χ2n) is 5.53. The van der Waals surface area contributed by atoms with Gasteiger partial charge < -0.3 is 10.6 Å². The Balaban J connectivity index is 2.85. The molecule has 5 heteroatoms. The van der Waals surface area contributed by atoms with Gasteiger partial charge in [-0.25, -0.2) is 0 Å². The van der Waals surface area contributed by atoms with Gasteiger partial charge in [0.15, 0.2) is 0 Å². The SMILES string of the molecule is CC(C)C[C@H](N)C(=O)N(C)C(C)c1ccc(Cl)cc1Cl. The minimum Gasteiger partial charge on any atom is -0.338 e. The molecule has 1 aromatic carbocycles. The molecule has 0 heterocycles. The van der Waals surface area contributed by atoms with E-state index in [1.165, 1.54) is 0 Å². The second-order valence-corrected chi connectivity index (χ2v) is 6.37. The molecule has 20 heavy (non-hydrogen) atoms. The number of carbonyl (C=O) groups is 1. The molecule has 2 N–H and O–H groups in total. The number of hydrogen-bond donors (Lipinski definition) is 1. The number of nitrogens with zero attached hydrogens (tertiary/aromatic N) is 1. The summed E-state index contributed by atoms with van der Waals surface area (Å²) in [5.41, 5.74) is 6.82. The highest BCUT2D eigenvalue weighted by Gasteiger charge is 2.24. The van der Waals surface area contributed by atoms with Crippen LogP contribution in [0.3, 0.4) is 0 Å². The molecule has 0 aliphatic carbocycles. The van der Waals surface area contributed by atoms with Crippen molar-refractivity contribution in [2.45, 2.75) is 39.3 Å².